The van der Waals surface area contributed by atoms with Crippen LogP contribution < -0.4 is 5.32 Å². The van der Waals surface area contributed by atoms with Crippen LogP contribution in [0.3, 0.4) is 0 Å². The molecule has 0 amide bonds. The largest absolute Gasteiger partial charge is 0.467 e. The third-order valence-electron chi connectivity index (χ3n) is 1.16. The number of nitrogens with one attached hydrogen (secondary N) is 1. The predicted octanol–water partition coefficient (Wildman–Crippen LogP) is -1.55. The van der Waals surface area contributed by atoms with E-state index in [1.807, 2.05) is 0 Å². The summed E-state index contributed by atoms with van der Waals surface area (Å²) in [5.74, 6) is -0.849. The Morgan fingerprint density at radius 1 is 1.64 bits per heavy atom. The van der Waals surface area contributed by atoms with Crippen LogP contribution in [-0.2, 0) is 9.53 Å². The predicted molar refractivity (Wildman–Crippen MR) is 37.7 cm³/mol. The van der Waals surface area contributed by atoms with Gasteiger partial charge in [-0.05, 0) is 6.54 Å². The average Bonchev–Trinajstić information content (AvgIpc) is 2.02. The summed E-state index contributed by atoms with van der Waals surface area (Å²) in [6, 6.07) is 0. The fourth-order valence-electron chi connectivity index (χ4n) is 0.570. The van der Waals surface area contributed by atoms with E-state index in [9.17, 15) is 4.79 Å². The van der Waals surface area contributed by atoms with Crippen molar-refractivity contribution in [2.75, 3.05) is 13.7 Å². The van der Waals surface area contributed by atoms with Crippen LogP contribution in [0.5, 0.6) is 0 Å². The van der Waals surface area contributed by atoms with Gasteiger partial charge < -0.3 is 14.9 Å². The van der Waals surface area contributed by atoms with Crippen LogP contribution in [0.15, 0.2) is 0 Å². The molecular weight excluding hydrogens is 150 g/mol. The first-order valence-corrected chi connectivity index (χ1v) is 3.30. The molecule has 0 aliphatic carbocycles. The molecule has 0 aliphatic rings. The van der Waals surface area contributed by atoms with Crippen LogP contribution in [0.4, 0.5) is 0 Å². The van der Waals surface area contributed by atoms with Crippen molar-refractivity contribution in [1.82, 2.24) is 5.32 Å². The highest BCUT2D eigenvalue weighted by atomic mass is 16.5. The van der Waals surface area contributed by atoms with Gasteiger partial charge in [-0.2, -0.15) is 0 Å². The Morgan fingerprint density at radius 2 is 2.18 bits per heavy atom. The van der Waals surface area contributed by atoms with E-state index in [-0.39, 0.29) is 0 Å². The summed E-state index contributed by atoms with van der Waals surface area (Å²) in [4.78, 5) is 10.6. The molecule has 2 unspecified atom stereocenters. The fourth-order valence-corrected chi connectivity index (χ4v) is 0.570. The second-order valence-electron chi connectivity index (χ2n) is 1.97. The van der Waals surface area contributed by atoms with Gasteiger partial charge in [-0.25, -0.2) is 4.79 Å². The Hall–Kier alpha value is -0.650. The van der Waals surface area contributed by atoms with Crippen molar-refractivity contribution >= 4 is 5.97 Å². The molecule has 0 spiro atoms. The monoisotopic (exact) mass is 163 g/mol. The molecule has 5 nitrogen and oxygen atoms in total. The molecule has 0 bridgehead atoms. The lowest BCUT2D eigenvalue weighted by atomic mass is 10.3. The number of aliphatic hydroxyl groups excluding tert-OH is 2. The molecule has 66 valence electrons. The maximum Gasteiger partial charge on any atom is 0.338 e. The number of carbonyl (C=O) groups is 1. The maximum absolute atomic E-state index is 10.6. The summed E-state index contributed by atoms with van der Waals surface area (Å²) in [6.07, 6.45) is -2.77. The zero-order chi connectivity index (χ0) is 8.85. The van der Waals surface area contributed by atoms with Crippen molar-refractivity contribution < 1.29 is 19.7 Å². The van der Waals surface area contributed by atoms with Gasteiger partial charge in [0.05, 0.1) is 7.11 Å². The van der Waals surface area contributed by atoms with Crippen molar-refractivity contribution in [2.45, 2.75) is 19.3 Å². The molecule has 2 atom stereocenters. The Kier molecular flexibility index (Phi) is 4.76. The average molecular weight is 163 g/mol. The van der Waals surface area contributed by atoms with Crippen LogP contribution in [0.1, 0.15) is 6.92 Å². The first-order valence-electron chi connectivity index (χ1n) is 3.30. The van der Waals surface area contributed by atoms with Crippen molar-refractivity contribution in [3.8, 4) is 0 Å². The number of hydrogen-bond donors (Lipinski definition) is 3. The van der Waals surface area contributed by atoms with E-state index >= 15 is 0 Å². The van der Waals surface area contributed by atoms with Gasteiger partial charge in [0.2, 0.25) is 0 Å². The molecule has 5 heteroatoms. The lowest BCUT2D eigenvalue weighted by Gasteiger charge is -2.15. The lowest BCUT2D eigenvalue weighted by Crippen LogP contribution is -2.44. The normalized spacial score (nSPS) is 15.6. The van der Waals surface area contributed by atoms with Crippen LogP contribution in [-0.4, -0.2) is 42.2 Å². The number of rotatable bonds is 4. The molecule has 0 aromatic rings. The molecule has 0 radical (unpaired) electrons. The zero-order valence-electron chi connectivity index (χ0n) is 6.57. The third kappa shape index (κ3) is 3.31. The van der Waals surface area contributed by atoms with Crippen molar-refractivity contribution in [3.05, 3.63) is 0 Å². The SMILES string of the molecule is CCNC(O)C(O)C(=O)OC. The summed E-state index contributed by atoms with van der Waals surface area (Å²) in [5.41, 5.74) is 0. The Bertz CT molecular complexity index is 128. The van der Waals surface area contributed by atoms with E-state index in [0.717, 1.165) is 7.11 Å². The minimum absolute atomic E-state index is 0.467. The van der Waals surface area contributed by atoms with E-state index in [0.29, 0.717) is 6.54 Å². The van der Waals surface area contributed by atoms with Crippen molar-refractivity contribution in [3.63, 3.8) is 0 Å². The van der Waals surface area contributed by atoms with Crippen molar-refractivity contribution in [1.29, 1.82) is 0 Å². The van der Waals surface area contributed by atoms with Crippen LogP contribution in [0, 0.1) is 0 Å². The zero-order valence-corrected chi connectivity index (χ0v) is 6.57. The van der Waals surface area contributed by atoms with Gasteiger partial charge in [0.1, 0.15) is 6.23 Å². The van der Waals surface area contributed by atoms with Crippen LogP contribution in [0.25, 0.3) is 0 Å². The van der Waals surface area contributed by atoms with E-state index in [1.54, 1.807) is 6.92 Å². The third-order valence-corrected chi connectivity index (χ3v) is 1.16. The summed E-state index contributed by atoms with van der Waals surface area (Å²) in [7, 11) is 1.14. The molecule has 0 heterocycles. The Morgan fingerprint density at radius 3 is 2.55 bits per heavy atom. The van der Waals surface area contributed by atoms with E-state index in [4.69, 9.17) is 10.2 Å². The molecular formula is C6H13NO4. The highest BCUT2D eigenvalue weighted by molar-refractivity contribution is 5.74. The minimum atomic E-state index is -1.51. The van der Waals surface area contributed by atoms with Gasteiger partial charge in [0.25, 0.3) is 0 Å². The summed E-state index contributed by atoms with van der Waals surface area (Å²) in [6.45, 7) is 2.21. The van der Waals surface area contributed by atoms with E-state index in [2.05, 4.69) is 10.1 Å². The van der Waals surface area contributed by atoms with Gasteiger partial charge in [0, 0.05) is 0 Å². The molecule has 0 rings (SSSR count). The van der Waals surface area contributed by atoms with Gasteiger partial charge in [-0.15, -0.1) is 0 Å². The topological polar surface area (TPSA) is 78.8 Å². The first-order chi connectivity index (χ1) is 5.13. The number of aliphatic hydroxyl groups is 2. The minimum Gasteiger partial charge on any atom is -0.467 e. The number of hydrogen-bond acceptors (Lipinski definition) is 5. The van der Waals surface area contributed by atoms with Crippen molar-refractivity contribution in [2.24, 2.45) is 0 Å². The first kappa shape index (κ1) is 10.3. The maximum atomic E-state index is 10.6. The van der Waals surface area contributed by atoms with E-state index in [1.165, 1.54) is 0 Å². The smallest absolute Gasteiger partial charge is 0.338 e. The highest BCUT2D eigenvalue weighted by Gasteiger charge is 2.23. The number of esters is 1. The molecule has 11 heavy (non-hydrogen) atoms. The molecule has 3 N–H and O–H groups in total. The number of ether oxygens (including phenoxy) is 1. The number of methoxy groups -OCH3 is 1. The van der Waals surface area contributed by atoms with Gasteiger partial charge in [0.15, 0.2) is 6.10 Å². The van der Waals surface area contributed by atoms with Gasteiger partial charge in [-0.3, -0.25) is 5.32 Å². The number of likely N-dealkylation sites (N-methyl/N-ethyl adjacent to an activating group) is 1. The van der Waals surface area contributed by atoms with Gasteiger partial charge >= 0.3 is 5.97 Å². The molecule has 0 saturated heterocycles. The quantitative estimate of drug-likeness (QED) is 0.345. The van der Waals surface area contributed by atoms with Gasteiger partial charge in [-0.1, -0.05) is 6.92 Å². The second kappa shape index (κ2) is 5.06. The lowest BCUT2D eigenvalue weighted by molar-refractivity contribution is -0.157. The summed E-state index contributed by atoms with van der Waals surface area (Å²) in [5, 5.41) is 20.4. The molecule has 0 fully saturated rings. The highest BCUT2D eigenvalue weighted by Crippen LogP contribution is 1.91. The Balaban J connectivity index is 3.80. The van der Waals surface area contributed by atoms with Crippen LogP contribution >= 0.6 is 0 Å². The summed E-state index contributed by atoms with van der Waals surface area (Å²) < 4.78 is 4.19. The standard InChI is InChI=1S/C6H13NO4/c1-3-7-5(9)4(8)6(10)11-2/h4-5,7-9H,3H2,1-2H3. The molecule has 0 aliphatic heterocycles. The Labute approximate surface area is 65.0 Å². The molecule has 0 aromatic heterocycles. The number of carbonyl (C=O) groups excluding carboxylic acids is 1. The molecule has 0 aromatic carbocycles. The fraction of sp³-hybridized carbons (Fsp3) is 0.833. The summed E-state index contributed by atoms with van der Waals surface area (Å²) >= 11 is 0. The second-order valence-corrected chi connectivity index (χ2v) is 1.97. The molecule has 0 saturated carbocycles. The van der Waals surface area contributed by atoms with E-state index < -0.39 is 18.3 Å². The van der Waals surface area contributed by atoms with Crippen LogP contribution in [0.2, 0.25) is 0 Å².